The van der Waals surface area contributed by atoms with Crippen LogP contribution in [0.25, 0.3) is 0 Å². The number of rotatable bonds is 7. The van der Waals surface area contributed by atoms with Gasteiger partial charge in [-0.1, -0.05) is 42.8 Å². The fourth-order valence-corrected chi connectivity index (χ4v) is 7.14. The second-order valence-electron chi connectivity index (χ2n) is 11.1. The van der Waals surface area contributed by atoms with Gasteiger partial charge in [0.05, 0.1) is 5.57 Å². The number of aliphatic hydroxyl groups is 1. The van der Waals surface area contributed by atoms with E-state index >= 15 is 0 Å². The molecular weight excluding hydrogens is 410 g/mol. The van der Waals surface area contributed by atoms with Crippen molar-refractivity contribution >= 4 is 5.91 Å². The maximum absolute atomic E-state index is 12.5. The number of fused-ring (bicyclic) bond motifs is 1. The number of amides is 1. The molecule has 3 fully saturated rings. The summed E-state index contributed by atoms with van der Waals surface area (Å²) < 4.78 is 0. The Balaban J connectivity index is 1.42. The van der Waals surface area contributed by atoms with Crippen LogP contribution in [0.1, 0.15) is 57.9 Å². The highest BCUT2D eigenvalue weighted by atomic mass is 16.3. The lowest BCUT2D eigenvalue weighted by atomic mass is 9.73. The first-order valence-corrected chi connectivity index (χ1v) is 12.4. The standard InChI is InChI=1S/C28H37N3O2/c1-18-8-9-22(30-15-20-6-4-3-5-7-20)11-24(23(10-18)26(29)33)31-25-19(2)12-27-13-21(25)14-28(27,16-27)17-32/h3-7,10-11,19,21,25,30-32H,8-9,12-17H2,1-2H3,(H2,29,33)/b18-10+,22-11+,24-23-. The van der Waals surface area contributed by atoms with Gasteiger partial charge < -0.3 is 21.5 Å². The maximum atomic E-state index is 12.5. The quantitative estimate of drug-likeness (QED) is 0.510. The summed E-state index contributed by atoms with van der Waals surface area (Å²) in [6.45, 7) is 5.46. The van der Waals surface area contributed by atoms with Crippen molar-refractivity contribution < 1.29 is 9.90 Å². The topological polar surface area (TPSA) is 87.4 Å². The lowest BCUT2D eigenvalue weighted by Gasteiger charge is -2.39. The van der Waals surface area contributed by atoms with E-state index in [2.05, 4.69) is 54.8 Å². The summed E-state index contributed by atoms with van der Waals surface area (Å²) in [5.74, 6) is 0.630. The average molecular weight is 448 g/mol. The maximum Gasteiger partial charge on any atom is 0.250 e. The number of hydrogen-bond donors (Lipinski definition) is 4. The largest absolute Gasteiger partial charge is 0.396 e. The van der Waals surface area contributed by atoms with Gasteiger partial charge in [0.1, 0.15) is 0 Å². The summed E-state index contributed by atoms with van der Waals surface area (Å²) >= 11 is 0. The fraction of sp³-hybridized carbons (Fsp3) is 0.536. The molecule has 1 amide bonds. The highest BCUT2D eigenvalue weighted by Crippen LogP contribution is 2.79. The van der Waals surface area contributed by atoms with E-state index in [4.69, 9.17) is 5.73 Å². The second-order valence-corrected chi connectivity index (χ2v) is 11.1. The summed E-state index contributed by atoms with van der Waals surface area (Å²) in [6.07, 6.45) is 10.5. The molecule has 5 nitrogen and oxygen atoms in total. The first-order chi connectivity index (χ1) is 15.8. The molecule has 1 aromatic carbocycles. The van der Waals surface area contributed by atoms with Gasteiger partial charge in [0, 0.05) is 36.0 Å². The van der Waals surface area contributed by atoms with Gasteiger partial charge in [0.2, 0.25) is 0 Å². The van der Waals surface area contributed by atoms with Gasteiger partial charge >= 0.3 is 0 Å². The van der Waals surface area contributed by atoms with E-state index in [-0.39, 0.29) is 11.5 Å². The fourth-order valence-electron chi connectivity index (χ4n) is 7.14. The van der Waals surface area contributed by atoms with Gasteiger partial charge in [-0.15, -0.1) is 0 Å². The van der Waals surface area contributed by atoms with Gasteiger partial charge in [0.15, 0.2) is 0 Å². The summed E-state index contributed by atoms with van der Waals surface area (Å²) in [5, 5.41) is 17.5. The number of allylic oxidation sites excluding steroid dienone is 3. The molecule has 0 aromatic heterocycles. The van der Waals surface area contributed by atoms with Crippen molar-refractivity contribution in [1.29, 1.82) is 0 Å². The Morgan fingerprint density at radius 1 is 1.15 bits per heavy atom. The van der Waals surface area contributed by atoms with E-state index in [0.29, 0.717) is 29.4 Å². The minimum absolute atomic E-state index is 0.152. The number of carbonyl (C=O) groups excluding carboxylic acids is 1. The molecule has 0 radical (unpaired) electrons. The van der Waals surface area contributed by atoms with Crippen LogP contribution in [-0.2, 0) is 11.3 Å². The second kappa shape index (κ2) is 8.35. The molecule has 5 rings (SSSR count). The Labute approximate surface area is 197 Å². The Bertz CT molecular complexity index is 1030. The van der Waals surface area contributed by atoms with Crippen molar-refractivity contribution in [2.75, 3.05) is 6.61 Å². The molecule has 1 spiro atoms. The molecule has 2 bridgehead atoms. The molecule has 0 aliphatic heterocycles. The minimum Gasteiger partial charge on any atom is -0.396 e. The zero-order valence-corrected chi connectivity index (χ0v) is 19.9. The van der Waals surface area contributed by atoms with Crippen molar-refractivity contribution in [3.05, 3.63) is 70.6 Å². The number of nitrogens with one attached hydrogen (secondary N) is 2. The predicted octanol–water partition coefficient (Wildman–Crippen LogP) is 3.92. The number of carbonyl (C=O) groups is 1. The van der Waals surface area contributed by atoms with Crippen LogP contribution in [0.15, 0.2) is 65.0 Å². The molecule has 3 saturated carbocycles. The molecule has 5 N–H and O–H groups in total. The van der Waals surface area contributed by atoms with Crippen LogP contribution in [-0.4, -0.2) is 23.7 Å². The SMILES string of the molecule is C\C1=C/C(C(N)=O)=C(NC2C(C)CC34CC2CC3(CO)C4)\C=C(\NCc2ccccc2)CC1. The summed E-state index contributed by atoms with van der Waals surface area (Å²) in [7, 11) is 0. The number of primary amides is 1. The molecule has 0 heterocycles. The smallest absolute Gasteiger partial charge is 0.250 e. The van der Waals surface area contributed by atoms with E-state index in [9.17, 15) is 9.90 Å². The third kappa shape index (κ3) is 4.01. The number of benzene rings is 1. The van der Waals surface area contributed by atoms with E-state index in [1.807, 2.05) is 12.1 Å². The van der Waals surface area contributed by atoms with Gasteiger partial charge in [-0.3, -0.25) is 4.79 Å². The van der Waals surface area contributed by atoms with Crippen LogP contribution in [0.3, 0.4) is 0 Å². The molecule has 5 atom stereocenters. The van der Waals surface area contributed by atoms with Gasteiger partial charge in [0.25, 0.3) is 5.91 Å². The summed E-state index contributed by atoms with van der Waals surface area (Å²) in [6, 6.07) is 10.7. The molecule has 176 valence electrons. The number of aliphatic hydroxyl groups excluding tert-OH is 1. The number of hydrogen-bond acceptors (Lipinski definition) is 4. The van der Waals surface area contributed by atoms with Gasteiger partial charge in [-0.2, -0.15) is 0 Å². The van der Waals surface area contributed by atoms with Crippen molar-refractivity contribution in [1.82, 2.24) is 10.6 Å². The van der Waals surface area contributed by atoms with Crippen molar-refractivity contribution in [3.63, 3.8) is 0 Å². The molecule has 4 aliphatic carbocycles. The minimum atomic E-state index is -0.390. The summed E-state index contributed by atoms with van der Waals surface area (Å²) in [5.41, 5.74) is 11.3. The molecule has 5 heteroatoms. The van der Waals surface area contributed by atoms with Crippen molar-refractivity contribution in [3.8, 4) is 0 Å². The van der Waals surface area contributed by atoms with E-state index < -0.39 is 5.91 Å². The van der Waals surface area contributed by atoms with Crippen LogP contribution in [0.4, 0.5) is 0 Å². The van der Waals surface area contributed by atoms with Crippen LogP contribution >= 0.6 is 0 Å². The zero-order valence-electron chi connectivity index (χ0n) is 19.9. The van der Waals surface area contributed by atoms with Crippen LogP contribution in [0.2, 0.25) is 0 Å². The van der Waals surface area contributed by atoms with Crippen LogP contribution in [0, 0.1) is 22.7 Å². The molecule has 0 saturated heterocycles. The monoisotopic (exact) mass is 447 g/mol. The highest BCUT2D eigenvalue weighted by Gasteiger charge is 2.74. The average Bonchev–Trinajstić information content (AvgIpc) is 3.29. The van der Waals surface area contributed by atoms with Crippen molar-refractivity contribution in [2.24, 2.45) is 28.4 Å². The van der Waals surface area contributed by atoms with Crippen LogP contribution in [0.5, 0.6) is 0 Å². The lowest BCUT2D eigenvalue weighted by molar-refractivity contribution is -0.114. The Morgan fingerprint density at radius 2 is 1.94 bits per heavy atom. The van der Waals surface area contributed by atoms with E-state index in [1.165, 1.54) is 18.4 Å². The van der Waals surface area contributed by atoms with Crippen LogP contribution < -0.4 is 16.4 Å². The zero-order chi connectivity index (χ0) is 23.2. The van der Waals surface area contributed by atoms with E-state index in [1.54, 1.807) is 0 Å². The van der Waals surface area contributed by atoms with Gasteiger partial charge in [-0.05, 0) is 80.4 Å². The normalized spacial score (nSPS) is 40.4. The lowest BCUT2D eigenvalue weighted by Crippen LogP contribution is -2.44. The van der Waals surface area contributed by atoms with Gasteiger partial charge in [-0.25, -0.2) is 0 Å². The highest BCUT2D eigenvalue weighted by molar-refractivity contribution is 5.96. The molecule has 4 aliphatic rings. The van der Waals surface area contributed by atoms with Crippen molar-refractivity contribution in [2.45, 2.75) is 65.0 Å². The number of nitrogens with two attached hydrogens (primary N) is 1. The molecule has 33 heavy (non-hydrogen) atoms. The van der Waals surface area contributed by atoms with E-state index in [0.717, 1.165) is 49.2 Å². The third-order valence-corrected chi connectivity index (χ3v) is 8.86. The Kier molecular flexibility index (Phi) is 5.64. The Morgan fingerprint density at radius 3 is 2.67 bits per heavy atom. The summed E-state index contributed by atoms with van der Waals surface area (Å²) in [4.78, 5) is 12.5. The molecule has 5 unspecified atom stereocenters. The first-order valence-electron chi connectivity index (χ1n) is 12.4. The predicted molar refractivity (Wildman–Crippen MR) is 131 cm³/mol. The third-order valence-electron chi connectivity index (χ3n) is 8.86. The first kappa shape index (κ1) is 22.3. The molecule has 1 aromatic rings. The molecular formula is C28H37N3O2. The Hall–Kier alpha value is -2.53.